The summed E-state index contributed by atoms with van der Waals surface area (Å²) in [7, 11) is 0. The molecule has 1 fully saturated rings. The van der Waals surface area contributed by atoms with Crippen molar-refractivity contribution in [3.05, 3.63) is 11.7 Å². The van der Waals surface area contributed by atoms with Crippen LogP contribution in [0.1, 0.15) is 25.7 Å². The Balaban J connectivity index is 1.90. The van der Waals surface area contributed by atoms with E-state index in [1.54, 1.807) is 0 Å². The molecule has 88 valence electrons. The van der Waals surface area contributed by atoms with Gasteiger partial charge in [0.15, 0.2) is 0 Å². The van der Waals surface area contributed by atoms with Gasteiger partial charge < -0.3 is 20.8 Å². The molecule has 16 heavy (non-hydrogen) atoms. The zero-order chi connectivity index (χ0) is 11.5. The Labute approximate surface area is 95.1 Å². The summed E-state index contributed by atoms with van der Waals surface area (Å²) in [5.41, 5.74) is 6.62. The average Bonchev–Trinajstić information content (AvgIpc) is 2.59. The van der Waals surface area contributed by atoms with Gasteiger partial charge in [0, 0.05) is 11.6 Å². The highest BCUT2D eigenvalue weighted by Crippen LogP contribution is 2.25. The average molecular weight is 224 g/mol. The molecule has 6 heteroatoms. The molecule has 2 aliphatic heterocycles. The van der Waals surface area contributed by atoms with Crippen LogP contribution in [0.15, 0.2) is 11.7 Å². The van der Waals surface area contributed by atoms with E-state index in [1.165, 1.54) is 0 Å². The number of nitrogens with one attached hydrogen (secondary N) is 1. The predicted octanol–water partition coefficient (Wildman–Crippen LogP) is -0.0855. The van der Waals surface area contributed by atoms with E-state index in [0.717, 1.165) is 25.0 Å². The third-order valence-corrected chi connectivity index (χ3v) is 3.10. The van der Waals surface area contributed by atoms with Crippen molar-refractivity contribution in [1.29, 1.82) is 0 Å². The minimum absolute atomic E-state index is 0.0275. The molecular weight excluding hydrogens is 207 g/mol. The van der Waals surface area contributed by atoms with Crippen LogP contribution in [0, 0.1) is 0 Å². The standard InChI is InChI=1S/C10H17BN2O3/c12-4-3-7-6-11-9(13-7)2-1-8(16-11)5-10(14)15/h6,8-9,13H,1-5,12H2,(H,14,15). The van der Waals surface area contributed by atoms with Gasteiger partial charge >= 0.3 is 12.9 Å². The van der Waals surface area contributed by atoms with Crippen LogP contribution in [-0.4, -0.2) is 36.6 Å². The van der Waals surface area contributed by atoms with E-state index in [1.807, 2.05) is 5.98 Å². The van der Waals surface area contributed by atoms with Crippen LogP contribution in [0.5, 0.6) is 0 Å². The summed E-state index contributed by atoms with van der Waals surface area (Å²) >= 11 is 0. The number of carbonyl (C=O) groups is 1. The Hall–Kier alpha value is -1.01. The number of hydrogen-bond donors (Lipinski definition) is 3. The quantitative estimate of drug-likeness (QED) is 0.581. The second-order valence-corrected chi connectivity index (χ2v) is 4.38. The maximum Gasteiger partial charge on any atom is 0.344 e. The lowest BCUT2D eigenvalue weighted by molar-refractivity contribution is -0.139. The summed E-state index contributed by atoms with van der Waals surface area (Å²) < 4.78 is 5.74. The molecule has 2 rings (SSSR count). The summed E-state index contributed by atoms with van der Waals surface area (Å²) in [4.78, 5) is 10.6. The van der Waals surface area contributed by atoms with Crippen LogP contribution < -0.4 is 11.1 Å². The Morgan fingerprint density at radius 2 is 2.50 bits per heavy atom. The van der Waals surface area contributed by atoms with Crippen molar-refractivity contribution in [3.8, 4) is 0 Å². The molecule has 2 aliphatic rings. The lowest BCUT2D eigenvalue weighted by Crippen LogP contribution is -2.45. The first-order valence-electron chi connectivity index (χ1n) is 5.73. The van der Waals surface area contributed by atoms with Gasteiger partial charge in [-0.15, -0.1) is 0 Å². The fourth-order valence-electron chi connectivity index (χ4n) is 2.37. The molecule has 0 aliphatic carbocycles. The Morgan fingerprint density at radius 3 is 3.19 bits per heavy atom. The first-order valence-corrected chi connectivity index (χ1v) is 5.73. The van der Waals surface area contributed by atoms with Crippen molar-refractivity contribution in [1.82, 2.24) is 5.32 Å². The molecule has 0 bridgehead atoms. The molecule has 0 spiro atoms. The first-order chi connectivity index (χ1) is 7.69. The highest BCUT2D eigenvalue weighted by atomic mass is 16.5. The summed E-state index contributed by atoms with van der Waals surface area (Å²) in [6.45, 7) is 0.649. The van der Waals surface area contributed by atoms with Gasteiger partial charge in [-0.1, -0.05) is 5.98 Å². The second kappa shape index (κ2) is 4.89. The lowest BCUT2D eigenvalue weighted by atomic mass is 9.58. The van der Waals surface area contributed by atoms with E-state index in [2.05, 4.69) is 5.32 Å². The molecule has 0 amide bonds. The number of carboxylic acid groups (broad SMARTS) is 1. The van der Waals surface area contributed by atoms with Crippen LogP contribution in [-0.2, 0) is 9.45 Å². The molecule has 1 saturated heterocycles. The fraction of sp³-hybridized carbons (Fsp3) is 0.700. The zero-order valence-corrected chi connectivity index (χ0v) is 9.19. The van der Waals surface area contributed by atoms with E-state index in [0.29, 0.717) is 12.5 Å². The van der Waals surface area contributed by atoms with E-state index in [-0.39, 0.29) is 19.4 Å². The fourth-order valence-corrected chi connectivity index (χ4v) is 2.37. The SMILES string of the molecule is NCCC1=CB2OC(CC(=O)O)CCC2N1. The molecule has 5 nitrogen and oxygen atoms in total. The number of nitrogens with two attached hydrogens (primary N) is 1. The lowest BCUT2D eigenvalue weighted by Gasteiger charge is -2.29. The molecule has 2 unspecified atom stereocenters. The van der Waals surface area contributed by atoms with E-state index in [4.69, 9.17) is 15.5 Å². The number of fused-ring (bicyclic) bond motifs is 1. The van der Waals surface area contributed by atoms with Crippen molar-refractivity contribution in [3.63, 3.8) is 0 Å². The molecule has 0 aromatic carbocycles. The molecule has 0 saturated carbocycles. The van der Waals surface area contributed by atoms with Gasteiger partial charge in [0.25, 0.3) is 0 Å². The zero-order valence-electron chi connectivity index (χ0n) is 9.19. The van der Waals surface area contributed by atoms with E-state index >= 15 is 0 Å². The molecule has 0 aromatic heterocycles. The van der Waals surface area contributed by atoms with Gasteiger partial charge in [-0.25, -0.2) is 0 Å². The highest BCUT2D eigenvalue weighted by molar-refractivity contribution is 6.60. The molecule has 2 atom stereocenters. The maximum absolute atomic E-state index is 10.6. The Bertz CT molecular complexity index is 308. The van der Waals surface area contributed by atoms with Gasteiger partial charge in [-0.3, -0.25) is 4.79 Å². The first kappa shape index (κ1) is 11.5. The van der Waals surface area contributed by atoms with Crippen molar-refractivity contribution >= 4 is 12.9 Å². The number of rotatable bonds is 4. The molecule has 0 aromatic rings. The number of aliphatic carboxylic acids is 1. The molecule has 4 N–H and O–H groups in total. The third kappa shape index (κ3) is 2.57. The van der Waals surface area contributed by atoms with Crippen LogP contribution in [0.25, 0.3) is 0 Å². The van der Waals surface area contributed by atoms with Crippen LogP contribution in [0.3, 0.4) is 0 Å². The maximum atomic E-state index is 10.6. The summed E-state index contributed by atoms with van der Waals surface area (Å²) in [6.07, 6.45) is 2.56. The molecule has 2 heterocycles. The van der Waals surface area contributed by atoms with Crippen LogP contribution in [0.2, 0.25) is 0 Å². The minimum atomic E-state index is -0.791. The minimum Gasteiger partial charge on any atom is -0.481 e. The summed E-state index contributed by atoms with van der Waals surface area (Å²) in [6, 6.07) is 0. The van der Waals surface area contributed by atoms with Gasteiger partial charge in [0.2, 0.25) is 0 Å². The van der Waals surface area contributed by atoms with Gasteiger partial charge in [-0.05, 0) is 25.8 Å². The van der Waals surface area contributed by atoms with Crippen molar-refractivity contribution in [2.45, 2.75) is 37.7 Å². The van der Waals surface area contributed by atoms with E-state index < -0.39 is 5.97 Å². The summed E-state index contributed by atoms with van der Waals surface area (Å²) in [5.74, 6) is 1.57. The highest BCUT2D eigenvalue weighted by Gasteiger charge is 2.38. The third-order valence-electron chi connectivity index (χ3n) is 3.10. The van der Waals surface area contributed by atoms with Crippen LogP contribution in [0.4, 0.5) is 0 Å². The van der Waals surface area contributed by atoms with Gasteiger partial charge in [0.05, 0.1) is 12.5 Å². The molecular formula is C10H17BN2O3. The van der Waals surface area contributed by atoms with Gasteiger partial charge in [0.1, 0.15) is 0 Å². The topological polar surface area (TPSA) is 84.6 Å². The normalized spacial score (nSPS) is 28.3. The van der Waals surface area contributed by atoms with E-state index in [9.17, 15) is 4.79 Å². The smallest absolute Gasteiger partial charge is 0.344 e. The predicted molar refractivity (Wildman–Crippen MR) is 60.8 cm³/mol. The summed E-state index contributed by atoms with van der Waals surface area (Å²) in [5, 5.41) is 12.1. The Morgan fingerprint density at radius 1 is 1.69 bits per heavy atom. The van der Waals surface area contributed by atoms with Crippen molar-refractivity contribution in [2.75, 3.05) is 6.54 Å². The largest absolute Gasteiger partial charge is 0.481 e. The number of hydrogen-bond acceptors (Lipinski definition) is 4. The molecule has 0 radical (unpaired) electrons. The van der Waals surface area contributed by atoms with Crippen molar-refractivity contribution in [2.24, 2.45) is 5.73 Å². The Kier molecular flexibility index (Phi) is 3.50. The van der Waals surface area contributed by atoms with Crippen LogP contribution >= 0.6 is 0 Å². The monoisotopic (exact) mass is 224 g/mol. The van der Waals surface area contributed by atoms with Crippen molar-refractivity contribution < 1.29 is 14.6 Å². The number of carboxylic acids is 1. The second-order valence-electron chi connectivity index (χ2n) is 4.38. The van der Waals surface area contributed by atoms with Gasteiger partial charge in [-0.2, -0.15) is 0 Å².